The zero-order valence-electron chi connectivity index (χ0n) is 16.1. The monoisotopic (exact) mass is 378 g/mol. The van der Waals surface area contributed by atoms with Crippen molar-refractivity contribution in [2.24, 2.45) is 5.41 Å². The molecule has 2 aromatic carbocycles. The van der Waals surface area contributed by atoms with E-state index in [0.29, 0.717) is 31.5 Å². The first-order valence-corrected chi connectivity index (χ1v) is 9.93. The van der Waals surface area contributed by atoms with Gasteiger partial charge in [0.05, 0.1) is 11.5 Å². The first kappa shape index (κ1) is 18.7. The van der Waals surface area contributed by atoms with E-state index >= 15 is 0 Å². The SMILES string of the molecule is Cc1ccccc1-c1cccc(C(=O)N2CC[C@@H](O)[C@@]3(CCCNC3=O)C2)c1. The Morgan fingerprint density at radius 3 is 2.82 bits per heavy atom. The summed E-state index contributed by atoms with van der Waals surface area (Å²) in [5.41, 5.74) is 3.01. The van der Waals surface area contributed by atoms with Crippen LogP contribution in [0.5, 0.6) is 0 Å². The van der Waals surface area contributed by atoms with Crippen LogP contribution >= 0.6 is 0 Å². The number of nitrogens with zero attached hydrogens (tertiary/aromatic N) is 1. The number of piperidine rings is 2. The predicted octanol–water partition coefficient (Wildman–Crippen LogP) is 2.77. The number of amides is 2. The van der Waals surface area contributed by atoms with E-state index in [9.17, 15) is 14.7 Å². The molecule has 2 saturated heterocycles. The highest BCUT2D eigenvalue weighted by Crippen LogP contribution is 2.38. The van der Waals surface area contributed by atoms with Crippen LogP contribution in [0.1, 0.15) is 35.2 Å². The van der Waals surface area contributed by atoms with Gasteiger partial charge in [-0.05, 0) is 55.0 Å². The molecule has 5 nitrogen and oxygen atoms in total. The minimum absolute atomic E-state index is 0.0833. The van der Waals surface area contributed by atoms with E-state index < -0.39 is 11.5 Å². The lowest BCUT2D eigenvalue weighted by atomic mass is 9.71. The van der Waals surface area contributed by atoms with E-state index in [1.807, 2.05) is 36.4 Å². The van der Waals surface area contributed by atoms with Gasteiger partial charge in [-0.15, -0.1) is 0 Å². The maximum atomic E-state index is 13.2. The van der Waals surface area contributed by atoms with Gasteiger partial charge in [0.1, 0.15) is 0 Å². The van der Waals surface area contributed by atoms with E-state index in [0.717, 1.165) is 23.1 Å². The van der Waals surface area contributed by atoms with Gasteiger partial charge in [-0.25, -0.2) is 0 Å². The van der Waals surface area contributed by atoms with E-state index in [-0.39, 0.29) is 18.4 Å². The van der Waals surface area contributed by atoms with Gasteiger partial charge in [0.15, 0.2) is 0 Å². The lowest BCUT2D eigenvalue weighted by Crippen LogP contribution is -2.62. The predicted molar refractivity (Wildman–Crippen MR) is 108 cm³/mol. The summed E-state index contributed by atoms with van der Waals surface area (Å²) in [6.45, 7) is 3.43. The topological polar surface area (TPSA) is 69.6 Å². The Labute approximate surface area is 165 Å². The molecule has 4 rings (SSSR count). The highest BCUT2D eigenvalue weighted by molar-refractivity contribution is 5.96. The molecule has 2 atom stereocenters. The Morgan fingerprint density at radius 1 is 1.21 bits per heavy atom. The third-order valence-corrected chi connectivity index (χ3v) is 6.17. The molecular weight excluding hydrogens is 352 g/mol. The molecule has 0 aliphatic carbocycles. The van der Waals surface area contributed by atoms with Crippen LogP contribution in [0, 0.1) is 12.3 Å². The normalized spacial score (nSPS) is 24.9. The standard InChI is InChI=1S/C23H26N2O3/c1-16-6-2-3-9-19(16)17-7-4-8-18(14-17)21(27)25-13-10-20(26)23(15-25)11-5-12-24-22(23)28/h2-4,6-9,14,20,26H,5,10-13,15H2,1H3,(H,24,28)/t20-,23-/m1/s1. The van der Waals surface area contributed by atoms with Crippen LogP contribution in [0.25, 0.3) is 11.1 Å². The molecule has 2 aromatic rings. The molecule has 2 aliphatic rings. The second kappa shape index (κ2) is 7.40. The molecule has 2 amide bonds. The van der Waals surface area contributed by atoms with Gasteiger partial charge in [0, 0.05) is 25.2 Å². The van der Waals surface area contributed by atoms with Crippen molar-refractivity contribution in [3.8, 4) is 11.1 Å². The van der Waals surface area contributed by atoms with E-state index in [1.165, 1.54) is 0 Å². The highest BCUT2D eigenvalue weighted by atomic mass is 16.3. The summed E-state index contributed by atoms with van der Waals surface area (Å²) in [5, 5.41) is 13.4. The summed E-state index contributed by atoms with van der Waals surface area (Å²) >= 11 is 0. The molecule has 28 heavy (non-hydrogen) atoms. The fraction of sp³-hybridized carbons (Fsp3) is 0.391. The Morgan fingerprint density at radius 2 is 2.04 bits per heavy atom. The smallest absolute Gasteiger partial charge is 0.253 e. The van der Waals surface area contributed by atoms with Gasteiger partial charge in [-0.2, -0.15) is 0 Å². The zero-order valence-corrected chi connectivity index (χ0v) is 16.1. The number of carbonyl (C=O) groups is 2. The van der Waals surface area contributed by atoms with Crippen LogP contribution in [-0.2, 0) is 4.79 Å². The largest absolute Gasteiger partial charge is 0.392 e. The number of rotatable bonds is 2. The molecule has 2 heterocycles. The number of nitrogens with one attached hydrogen (secondary N) is 1. The molecule has 2 aliphatic heterocycles. The van der Waals surface area contributed by atoms with Gasteiger partial charge in [0.25, 0.3) is 5.91 Å². The summed E-state index contributed by atoms with van der Waals surface area (Å²) in [5.74, 6) is -0.211. The number of aliphatic hydroxyl groups excluding tert-OH is 1. The van der Waals surface area contributed by atoms with Gasteiger partial charge in [-0.1, -0.05) is 36.4 Å². The molecule has 0 aromatic heterocycles. The van der Waals surface area contributed by atoms with Crippen LogP contribution in [0.3, 0.4) is 0 Å². The Hall–Kier alpha value is -2.66. The van der Waals surface area contributed by atoms with Crippen LogP contribution in [0.15, 0.2) is 48.5 Å². The molecule has 0 saturated carbocycles. The van der Waals surface area contributed by atoms with E-state index in [1.54, 1.807) is 4.90 Å². The lowest BCUT2D eigenvalue weighted by Gasteiger charge is -2.46. The van der Waals surface area contributed by atoms with Crippen molar-refractivity contribution in [3.05, 3.63) is 59.7 Å². The molecule has 2 fully saturated rings. The first-order valence-electron chi connectivity index (χ1n) is 9.93. The maximum absolute atomic E-state index is 13.2. The first-order chi connectivity index (χ1) is 13.5. The molecule has 146 valence electrons. The summed E-state index contributed by atoms with van der Waals surface area (Å²) in [4.78, 5) is 27.5. The number of carbonyl (C=O) groups excluding carboxylic acids is 2. The molecule has 0 radical (unpaired) electrons. The third-order valence-electron chi connectivity index (χ3n) is 6.17. The molecular formula is C23H26N2O3. The van der Waals surface area contributed by atoms with Crippen molar-refractivity contribution in [3.63, 3.8) is 0 Å². The van der Waals surface area contributed by atoms with Gasteiger partial charge >= 0.3 is 0 Å². The highest BCUT2D eigenvalue weighted by Gasteiger charge is 2.50. The number of likely N-dealkylation sites (tertiary alicyclic amines) is 1. The molecule has 0 unspecified atom stereocenters. The number of hydrogen-bond donors (Lipinski definition) is 2. The maximum Gasteiger partial charge on any atom is 0.253 e. The van der Waals surface area contributed by atoms with Crippen molar-refractivity contribution >= 4 is 11.8 Å². The van der Waals surface area contributed by atoms with E-state index in [2.05, 4.69) is 24.4 Å². The van der Waals surface area contributed by atoms with Crippen molar-refractivity contribution in [2.75, 3.05) is 19.6 Å². The summed E-state index contributed by atoms with van der Waals surface area (Å²) in [6, 6.07) is 15.8. The van der Waals surface area contributed by atoms with Crippen LogP contribution in [0.2, 0.25) is 0 Å². The Bertz CT molecular complexity index is 910. The fourth-order valence-electron chi connectivity index (χ4n) is 4.52. The quantitative estimate of drug-likeness (QED) is 0.844. The van der Waals surface area contributed by atoms with Crippen LogP contribution in [-0.4, -0.2) is 47.6 Å². The van der Waals surface area contributed by atoms with Crippen molar-refractivity contribution in [1.82, 2.24) is 10.2 Å². The fourth-order valence-corrected chi connectivity index (χ4v) is 4.52. The van der Waals surface area contributed by atoms with Gasteiger partial charge in [-0.3, -0.25) is 9.59 Å². The molecule has 5 heteroatoms. The minimum atomic E-state index is -0.875. The average Bonchev–Trinajstić information content (AvgIpc) is 2.72. The Kier molecular flexibility index (Phi) is 4.94. The van der Waals surface area contributed by atoms with Crippen LogP contribution < -0.4 is 5.32 Å². The van der Waals surface area contributed by atoms with Crippen molar-refractivity contribution < 1.29 is 14.7 Å². The summed E-state index contributed by atoms with van der Waals surface area (Å²) in [7, 11) is 0. The lowest BCUT2D eigenvalue weighted by molar-refractivity contribution is -0.147. The van der Waals surface area contributed by atoms with Crippen molar-refractivity contribution in [1.29, 1.82) is 0 Å². The second-order valence-corrected chi connectivity index (χ2v) is 7.94. The Balaban J connectivity index is 1.60. The minimum Gasteiger partial charge on any atom is -0.392 e. The zero-order chi connectivity index (χ0) is 19.7. The molecule has 2 N–H and O–H groups in total. The number of hydrogen-bond acceptors (Lipinski definition) is 3. The van der Waals surface area contributed by atoms with E-state index in [4.69, 9.17) is 0 Å². The van der Waals surface area contributed by atoms with Crippen molar-refractivity contribution in [2.45, 2.75) is 32.3 Å². The number of aryl methyl sites for hydroxylation is 1. The van der Waals surface area contributed by atoms with Crippen LogP contribution in [0.4, 0.5) is 0 Å². The number of aliphatic hydroxyl groups is 1. The molecule has 1 spiro atoms. The molecule has 0 bridgehead atoms. The van der Waals surface area contributed by atoms with Gasteiger partial charge < -0.3 is 15.3 Å². The number of benzene rings is 2. The summed E-state index contributed by atoms with van der Waals surface area (Å²) in [6.07, 6.45) is 1.17. The van der Waals surface area contributed by atoms with Gasteiger partial charge in [0.2, 0.25) is 5.91 Å². The average molecular weight is 378 g/mol. The third kappa shape index (κ3) is 3.20. The summed E-state index contributed by atoms with van der Waals surface area (Å²) < 4.78 is 0. The second-order valence-electron chi connectivity index (χ2n) is 7.94.